The van der Waals surface area contributed by atoms with Gasteiger partial charge in [-0.2, -0.15) is 10.2 Å². The topological polar surface area (TPSA) is 99.9 Å². The van der Waals surface area contributed by atoms with Gasteiger partial charge in [0.2, 0.25) is 5.95 Å². The van der Waals surface area contributed by atoms with Crippen LogP contribution in [0.3, 0.4) is 0 Å². The van der Waals surface area contributed by atoms with Crippen LogP contribution in [0.15, 0.2) is 54.6 Å². The number of ether oxygens (including phenoxy) is 1. The minimum atomic E-state index is -0.355. The van der Waals surface area contributed by atoms with Gasteiger partial charge in [-0.05, 0) is 56.3 Å². The number of carbonyl (C=O) groups excluding carboxylic acids is 1. The Bertz CT molecular complexity index is 1030. The highest BCUT2D eigenvalue weighted by Crippen LogP contribution is 2.20. The van der Waals surface area contributed by atoms with E-state index in [2.05, 4.69) is 26.7 Å². The Kier molecular flexibility index (Phi) is 5.82. The van der Waals surface area contributed by atoms with Crippen molar-refractivity contribution in [1.82, 2.24) is 9.97 Å². The number of hydrogen-bond acceptors (Lipinski definition) is 7. The first-order chi connectivity index (χ1) is 13.6. The third kappa shape index (κ3) is 4.83. The molecule has 2 aromatic carbocycles. The maximum atomic E-state index is 11.7. The van der Waals surface area contributed by atoms with Crippen LogP contribution >= 0.6 is 0 Å². The van der Waals surface area contributed by atoms with Crippen molar-refractivity contribution in [2.75, 3.05) is 17.2 Å². The third-order valence-corrected chi connectivity index (χ3v) is 3.77. The number of benzene rings is 2. The van der Waals surface area contributed by atoms with Gasteiger partial charge >= 0.3 is 5.97 Å². The molecule has 0 unspecified atom stereocenters. The van der Waals surface area contributed by atoms with Crippen LogP contribution in [0.2, 0.25) is 0 Å². The third-order valence-electron chi connectivity index (χ3n) is 3.77. The highest BCUT2D eigenvalue weighted by Gasteiger charge is 2.07. The average Bonchev–Trinajstić information content (AvgIpc) is 2.68. The monoisotopic (exact) mass is 373 g/mol. The van der Waals surface area contributed by atoms with E-state index >= 15 is 0 Å². The molecule has 0 aliphatic carbocycles. The lowest BCUT2D eigenvalue weighted by Gasteiger charge is -2.10. The van der Waals surface area contributed by atoms with Gasteiger partial charge in [0.15, 0.2) is 0 Å². The number of nitrogens with zero attached hydrogens (tertiary/aromatic N) is 3. The Labute approximate surface area is 163 Å². The van der Waals surface area contributed by atoms with Crippen molar-refractivity contribution in [3.8, 4) is 6.07 Å². The van der Waals surface area contributed by atoms with E-state index in [1.165, 1.54) is 0 Å². The molecule has 0 atom stereocenters. The number of aryl methyl sites for hydroxylation is 1. The van der Waals surface area contributed by atoms with Crippen molar-refractivity contribution in [2.24, 2.45) is 0 Å². The van der Waals surface area contributed by atoms with E-state index in [0.29, 0.717) is 29.5 Å². The van der Waals surface area contributed by atoms with E-state index in [-0.39, 0.29) is 5.97 Å². The van der Waals surface area contributed by atoms with E-state index in [4.69, 9.17) is 10.00 Å². The zero-order valence-electron chi connectivity index (χ0n) is 15.6. The summed E-state index contributed by atoms with van der Waals surface area (Å²) in [5, 5.41) is 15.3. The molecule has 0 aliphatic rings. The van der Waals surface area contributed by atoms with Crippen LogP contribution in [0.4, 0.5) is 23.1 Å². The molecule has 0 saturated carbocycles. The molecule has 0 fully saturated rings. The summed E-state index contributed by atoms with van der Waals surface area (Å²) in [5.41, 5.74) is 3.34. The summed E-state index contributed by atoms with van der Waals surface area (Å²) in [4.78, 5) is 20.6. The van der Waals surface area contributed by atoms with Crippen molar-refractivity contribution in [3.63, 3.8) is 0 Å². The largest absolute Gasteiger partial charge is 0.462 e. The number of esters is 1. The van der Waals surface area contributed by atoms with Gasteiger partial charge in [0.1, 0.15) is 5.82 Å². The van der Waals surface area contributed by atoms with Crippen LogP contribution in [0.25, 0.3) is 0 Å². The number of aromatic nitrogens is 2. The number of nitriles is 1. The van der Waals surface area contributed by atoms with Gasteiger partial charge < -0.3 is 15.4 Å². The first kappa shape index (κ1) is 18.9. The fraction of sp³-hybridized carbons (Fsp3) is 0.143. The van der Waals surface area contributed by atoms with Gasteiger partial charge in [0.25, 0.3) is 0 Å². The van der Waals surface area contributed by atoms with Gasteiger partial charge in [-0.25, -0.2) is 9.78 Å². The smallest absolute Gasteiger partial charge is 0.338 e. The predicted molar refractivity (Wildman–Crippen MR) is 107 cm³/mol. The zero-order valence-corrected chi connectivity index (χ0v) is 15.6. The van der Waals surface area contributed by atoms with Gasteiger partial charge in [-0.15, -0.1) is 0 Å². The second-order valence-corrected chi connectivity index (χ2v) is 5.96. The minimum absolute atomic E-state index is 0.336. The Morgan fingerprint density at radius 3 is 2.57 bits per heavy atom. The van der Waals surface area contributed by atoms with Gasteiger partial charge in [-0.1, -0.05) is 6.07 Å². The molecule has 3 aromatic rings. The van der Waals surface area contributed by atoms with Crippen molar-refractivity contribution in [1.29, 1.82) is 5.26 Å². The fourth-order valence-electron chi connectivity index (χ4n) is 2.54. The highest BCUT2D eigenvalue weighted by atomic mass is 16.5. The predicted octanol–water partition coefficient (Wildman–Crippen LogP) is 4.32. The van der Waals surface area contributed by atoms with Crippen molar-refractivity contribution in [2.45, 2.75) is 13.8 Å². The van der Waals surface area contributed by atoms with Crippen molar-refractivity contribution < 1.29 is 9.53 Å². The van der Waals surface area contributed by atoms with E-state index in [0.717, 1.165) is 17.1 Å². The molecule has 7 heteroatoms. The van der Waals surface area contributed by atoms with Crippen LogP contribution in [-0.2, 0) is 4.74 Å². The first-order valence-electron chi connectivity index (χ1n) is 8.74. The van der Waals surface area contributed by atoms with Crippen LogP contribution in [0.5, 0.6) is 0 Å². The van der Waals surface area contributed by atoms with Gasteiger partial charge in [0.05, 0.1) is 23.8 Å². The van der Waals surface area contributed by atoms with Crippen LogP contribution in [0.1, 0.15) is 28.5 Å². The van der Waals surface area contributed by atoms with E-state index in [1.54, 1.807) is 49.4 Å². The summed E-state index contributed by atoms with van der Waals surface area (Å²) in [6.07, 6.45) is 0. The average molecular weight is 373 g/mol. The molecule has 0 bridgehead atoms. The number of hydrogen-bond donors (Lipinski definition) is 2. The molecule has 0 amide bonds. The first-order valence-corrected chi connectivity index (χ1v) is 8.74. The molecule has 140 valence electrons. The highest BCUT2D eigenvalue weighted by molar-refractivity contribution is 5.89. The molecule has 0 spiro atoms. The Morgan fingerprint density at radius 1 is 1.07 bits per heavy atom. The zero-order chi connectivity index (χ0) is 19.9. The Balaban J connectivity index is 1.76. The second kappa shape index (κ2) is 8.64. The number of rotatable bonds is 6. The summed E-state index contributed by atoms with van der Waals surface area (Å²) in [5.74, 6) is 0.669. The molecule has 0 aliphatic heterocycles. The van der Waals surface area contributed by atoms with E-state index in [1.807, 2.05) is 19.1 Å². The number of nitrogens with one attached hydrogen (secondary N) is 2. The molecular formula is C21H19N5O2. The van der Waals surface area contributed by atoms with Crippen LogP contribution in [0, 0.1) is 18.3 Å². The fourth-order valence-corrected chi connectivity index (χ4v) is 2.54. The quantitative estimate of drug-likeness (QED) is 0.621. The summed E-state index contributed by atoms with van der Waals surface area (Å²) >= 11 is 0. The maximum absolute atomic E-state index is 11.7. The lowest BCUT2D eigenvalue weighted by molar-refractivity contribution is 0.0526. The molecule has 0 saturated heterocycles. The minimum Gasteiger partial charge on any atom is -0.462 e. The molecule has 0 radical (unpaired) electrons. The lowest BCUT2D eigenvalue weighted by atomic mass is 10.2. The Hall–Kier alpha value is -3.92. The van der Waals surface area contributed by atoms with E-state index in [9.17, 15) is 4.79 Å². The normalized spacial score (nSPS) is 10.0. The summed E-state index contributed by atoms with van der Waals surface area (Å²) in [7, 11) is 0. The number of carbonyl (C=O) groups is 1. The van der Waals surface area contributed by atoms with Crippen LogP contribution < -0.4 is 10.6 Å². The second-order valence-electron chi connectivity index (χ2n) is 5.96. The van der Waals surface area contributed by atoms with Crippen molar-refractivity contribution in [3.05, 3.63) is 71.4 Å². The number of anilines is 4. The molecule has 1 aromatic heterocycles. The SMILES string of the molecule is CCOC(=O)c1ccc(Nc2nc(C)cc(Nc3cccc(C#N)c3)n2)cc1. The van der Waals surface area contributed by atoms with Crippen molar-refractivity contribution >= 4 is 29.1 Å². The van der Waals surface area contributed by atoms with Gasteiger partial charge in [-0.3, -0.25) is 0 Å². The summed E-state index contributed by atoms with van der Waals surface area (Å²) in [6.45, 7) is 3.97. The van der Waals surface area contributed by atoms with Gasteiger partial charge in [0, 0.05) is 23.1 Å². The maximum Gasteiger partial charge on any atom is 0.338 e. The summed E-state index contributed by atoms with van der Waals surface area (Å²) in [6, 6.07) is 18.0. The molecule has 3 rings (SSSR count). The molecule has 28 heavy (non-hydrogen) atoms. The van der Waals surface area contributed by atoms with E-state index < -0.39 is 0 Å². The molecule has 1 heterocycles. The standard InChI is InChI=1S/C21H19N5O2/c1-3-28-20(27)16-7-9-17(10-8-16)25-21-23-14(2)11-19(26-21)24-18-6-4-5-15(12-18)13-22/h4-12H,3H2,1-2H3,(H2,23,24,25,26). The lowest BCUT2D eigenvalue weighted by Crippen LogP contribution is -2.05. The summed E-state index contributed by atoms with van der Waals surface area (Å²) < 4.78 is 4.98. The van der Waals surface area contributed by atoms with Crippen LogP contribution in [-0.4, -0.2) is 22.5 Å². The Morgan fingerprint density at radius 2 is 1.86 bits per heavy atom. The molecule has 7 nitrogen and oxygen atoms in total. The molecular weight excluding hydrogens is 354 g/mol. The molecule has 2 N–H and O–H groups in total.